The molecule has 0 spiro atoms. The molecule has 47 heavy (non-hydrogen) atoms. The van der Waals surface area contributed by atoms with E-state index in [1.54, 1.807) is 0 Å². The highest BCUT2D eigenvalue weighted by Gasteiger charge is 2.23. The second kappa shape index (κ2) is 10.4. The summed E-state index contributed by atoms with van der Waals surface area (Å²) in [6.45, 7) is 0. The Morgan fingerprint density at radius 3 is 1.51 bits per heavy atom. The first-order valence-corrected chi connectivity index (χ1v) is 17.6. The monoisotopic (exact) mass is 612 g/mol. The second-order valence-electron chi connectivity index (χ2n) is 12.5. The van der Waals surface area contributed by atoms with E-state index in [0.29, 0.717) is 0 Å². The minimum Gasteiger partial charge on any atom is -0.0772 e. The van der Waals surface area contributed by atoms with Crippen molar-refractivity contribution in [2.45, 2.75) is 0 Å². The molecule has 0 nitrogen and oxygen atoms in total. The Balaban J connectivity index is 1.45. The van der Waals surface area contributed by atoms with Gasteiger partial charge in [0.25, 0.3) is 0 Å². The van der Waals surface area contributed by atoms with Gasteiger partial charge in [0.05, 0.1) is 0 Å². The van der Waals surface area contributed by atoms with Crippen LogP contribution in [0, 0.1) is 0 Å². The van der Waals surface area contributed by atoms with Crippen LogP contribution in [-0.4, -0.2) is 0 Å². The lowest BCUT2D eigenvalue weighted by Crippen LogP contribution is -1.92. The Morgan fingerprint density at radius 1 is 0.298 bits per heavy atom. The molecule has 9 aromatic carbocycles. The van der Waals surface area contributed by atoms with Gasteiger partial charge in [-0.25, -0.2) is 0 Å². The van der Waals surface area contributed by atoms with E-state index in [0.717, 1.165) is 0 Å². The van der Waals surface area contributed by atoms with Crippen LogP contribution in [0.5, 0.6) is 0 Å². The highest BCUT2D eigenvalue weighted by atomic mass is 31.1. The average Bonchev–Trinajstić information content (AvgIpc) is 3.48. The van der Waals surface area contributed by atoms with Crippen LogP contribution in [0.25, 0.3) is 91.7 Å². The van der Waals surface area contributed by atoms with Crippen molar-refractivity contribution in [2.24, 2.45) is 0 Å². The zero-order chi connectivity index (χ0) is 30.9. The maximum absolute atomic E-state index is 2.44. The van der Waals surface area contributed by atoms with E-state index in [1.807, 2.05) is 0 Å². The summed E-state index contributed by atoms with van der Waals surface area (Å²) in [6, 6.07) is 65.6. The maximum Gasteiger partial charge on any atom is 0.00750 e. The Bertz CT molecular complexity index is 2840. The molecule has 0 aliphatic rings. The van der Waals surface area contributed by atoms with Crippen LogP contribution in [-0.2, 0) is 0 Å². The summed E-state index contributed by atoms with van der Waals surface area (Å²) in [5.41, 5.74) is 5.15. The third-order valence-electron chi connectivity index (χ3n) is 9.91. The molecule has 1 unspecified atom stereocenters. The van der Waals surface area contributed by atoms with Crippen LogP contribution < -0.4 is 0 Å². The Kier molecular flexibility index (Phi) is 5.89. The highest BCUT2D eigenvalue weighted by Crippen LogP contribution is 2.58. The predicted octanol–water partition coefficient (Wildman–Crippen LogP) is 13.9. The molecular formula is C46H29P. The molecule has 0 radical (unpaired) electrons. The molecule has 1 heterocycles. The minimum absolute atomic E-state index is 0.685. The van der Waals surface area contributed by atoms with Crippen molar-refractivity contribution in [3.8, 4) is 27.6 Å². The standard InChI is InChI=1S/C46H29P/c1-2-16-36(17-3-1)47-41-21-11-10-20-39(41)45-42(47)27-26-40-43(34-24-22-30-12-4-6-14-32(30)28-34)37-18-8-9-19-38(37)44(46(40)45)35-25-23-31-13-5-7-15-33(31)29-35/h1-29H. The summed E-state index contributed by atoms with van der Waals surface area (Å²) in [4.78, 5) is 0. The molecule has 1 atom stereocenters. The summed E-state index contributed by atoms with van der Waals surface area (Å²) in [5.74, 6) is 0. The van der Waals surface area contributed by atoms with Crippen molar-refractivity contribution in [3.05, 3.63) is 176 Å². The van der Waals surface area contributed by atoms with Gasteiger partial charge in [0.1, 0.15) is 0 Å². The first-order chi connectivity index (χ1) is 23.3. The van der Waals surface area contributed by atoms with Gasteiger partial charge in [-0.05, 0) is 94.2 Å². The van der Waals surface area contributed by atoms with E-state index in [1.165, 1.54) is 91.7 Å². The minimum atomic E-state index is -0.685. The lowest BCUT2D eigenvalue weighted by Gasteiger charge is -2.19. The Labute approximate surface area is 274 Å². The Morgan fingerprint density at radius 2 is 0.830 bits per heavy atom. The van der Waals surface area contributed by atoms with E-state index in [4.69, 9.17) is 0 Å². The molecule has 10 rings (SSSR count). The molecule has 0 aliphatic carbocycles. The highest BCUT2D eigenvalue weighted by molar-refractivity contribution is 7.68. The van der Waals surface area contributed by atoms with Gasteiger partial charge < -0.3 is 0 Å². The van der Waals surface area contributed by atoms with Gasteiger partial charge in [-0.15, -0.1) is 0 Å². The molecule has 10 aromatic rings. The van der Waals surface area contributed by atoms with E-state index < -0.39 is 7.53 Å². The van der Waals surface area contributed by atoms with Crippen molar-refractivity contribution in [3.63, 3.8) is 0 Å². The molecule has 0 aliphatic heterocycles. The Hall–Kier alpha value is -5.68. The van der Waals surface area contributed by atoms with Crippen LogP contribution in [0.3, 0.4) is 0 Å². The third-order valence-corrected chi connectivity index (χ3v) is 12.5. The zero-order valence-electron chi connectivity index (χ0n) is 25.7. The SMILES string of the molecule is c1ccc(-p2c3ccccc3c3c4c(-c5ccc6ccccc6c5)c5ccccc5c(-c5ccc6ccccc6c5)c4ccc32)cc1. The number of rotatable bonds is 3. The van der Waals surface area contributed by atoms with Crippen molar-refractivity contribution in [1.29, 1.82) is 0 Å². The van der Waals surface area contributed by atoms with Gasteiger partial charge in [-0.3, -0.25) is 0 Å². The molecule has 0 fully saturated rings. The molecule has 0 amide bonds. The summed E-state index contributed by atoms with van der Waals surface area (Å²) in [6.07, 6.45) is 0. The van der Waals surface area contributed by atoms with E-state index in [-0.39, 0.29) is 0 Å². The number of benzene rings is 9. The molecular weight excluding hydrogens is 583 g/mol. The van der Waals surface area contributed by atoms with E-state index in [2.05, 4.69) is 176 Å². The average molecular weight is 613 g/mol. The lowest BCUT2D eigenvalue weighted by molar-refractivity contribution is 1.69. The van der Waals surface area contributed by atoms with Gasteiger partial charge >= 0.3 is 0 Å². The summed E-state index contributed by atoms with van der Waals surface area (Å²) < 4.78 is 0. The summed E-state index contributed by atoms with van der Waals surface area (Å²) in [7, 11) is -0.685. The van der Waals surface area contributed by atoms with E-state index in [9.17, 15) is 0 Å². The fourth-order valence-corrected chi connectivity index (χ4v) is 10.5. The van der Waals surface area contributed by atoms with Gasteiger partial charge in [0.15, 0.2) is 0 Å². The molecule has 0 bridgehead atoms. The van der Waals surface area contributed by atoms with Gasteiger partial charge in [-0.2, -0.15) is 0 Å². The van der Waals surface area contributed by atoms with Crippen LogP contribution in [0.1, 0.15) is 0 Å². The largest absolute Gasteiger partial charge is 0.0772 e. The maximum atomic E-state index is 2.44. The quantitative estimate of drug-likeness (QED) is 0.174. The fourth-order valence-electron chi connectivity index (χ4n) is 7.88. The van der Waals surface area contributed by atoms with Gasteiger partial charge in [0.2, 0.25) is 0 Å². The number of hydrogen-bond donors (Lipinski definition) is 0. The van der Waals surface area contributed by atoms with Crippen molar-refractivity contribution in [1.82, 2.24) is 0 Å². The summed E-state index contributed by atoms with van der Waals surface area (Å²) >= 11 is 0. The molecule has 0 saturated heterocycles. The third kappa shape index (κ3) is 4.02. The molecule has 0 N–H and O–H groups in total. The van der Waals surface area contributed by atoms with Crippen molar-refractivity contribution in [2.75, 3.05) is 0 Å². The fraction of sp³-hybridized carbons (Fsp3) is 0. The van der Waals surface area contributed by atoms with Crippen LogP contribution in [0.4, 0.5) is 0 Å². The lowest BCUT2D eigenvalue weighted by atomic mass is 9.84. The van der Waals surface area contributed by atoms with Gasteiger partial charge in [-0.1, -0.05) is 165 Å². The zero-order valence-corrected chi connectivity index (χ0v) is 26.6. The second-order valence-corrected chi connectivity index (χ2v) is 14.6. The first kappa shape index (κ1) is 26.5. The number of hydrogen-bond acceptors (Lipinski definition) is 0. The van der Waals surface area contributed by atoms with Crippen molar-refractivity contribution >= 4 is 71.6 Å². The molecule has 1 aromatic heterocycles. The molecule has 0 saturated carbocycles. The first-order valence-electron chi connectivity index (χ1n) is 16.3. The summed E-state index contributed by atoms with van der Waals surface area (Å²) in [5, 5.41) is 17.3. The topological polar surface area (TPSA) is 0 Å². The van der Waals surface area contributed by atoms with Gasteiger partial charge in [0, 0.05) is 15.6 Å². The predicted molar refractivity (Wildman–Crippen MR) is 206 cm³/mol. The van der Waals surface area contributed by atoms with E-state index >= 15 is 0 Å². The molecule has 218 valence electrons. The smallest absolute Gasteiger partial charge is 0.00750 e. The number of fused-ring (bicyclic) bond motifs is 8. The molecule has 1 heteroatoms. The van der Waals surface area contributed by atoms with Crippen molar-refractivity contribution < 1.29 is 0 Å². The van der Waals surface area contributed by atoms with Crippen LogP contribution >= 0.6 is 7.53 Å². The normalized spacial score (nSPS) is 12.2. The van der Waals surface area contributed by atoms with Crippen LogP contribution in [0.15, 0.2) is 176 Å². The van der Waals surface area contributed by atoms with Crippen LogP contribution in [0.2, 0.25) is 0 Å².